The number of carbonyl (C=O) groups excluding carboxylic acids is 2. The summed E-state index contributed by atoms with van der Waals surface area (Å²) in [6, 6.07) is 10.1. The van der Waals surface area contributed by atoms with Crippen molar-refractivity contribution < 1.29 is 23.5 Å². The molecule has 2 aliphatic rings. The molecule has 140 valence electrons. The third-order valence-corrected chi connectivity index (χ3v) is 4.40. The van der Waals surface area contributed by atoms with Gasteiger partial charge in [0.15, 0.2) is 11.5 Å². The van der Waals surface area contributed by atoms with Crippen molar-refractivity contribution in [1.29, 1.82) is 0 Å². The number of hydrogen-bond acceptors (Lipinski definition) is 4. The van der Waals surface area contributed by atoms with E-state index in [2.05, 4.69) is 10.6 Å². The summed E-state index contributed by atoms with van der Waals surface area (Å²) in [5.41, 5.74) is 1.18. The average Bonchev–Trinajstić information content (AvgIpc) is 3.02. The van der Waals surface area contributed by atoms with Crippen LogP contribution in [0.15, 0.2) is 42.5 Å². The Labute approximate surface area is 155 Å². The molecule has 1 fully saturated rings. The Kier molecular flexibility index (Phi) is 4.53. The molecule has 7 nitrogen and oxygen atoms in total. The Balaban J connectivity index is 1.36. The summed E-state index contributed by atoms with van der Waals surface area (Å²) in [7, 11) is 0. The lowest BCUT2D eigenvalue weighted by Gasteiger charge is -2.19. The number of fused-ring (bicyclic) bond motifs is 1. The van der Waals surface area contributed by atoms with Gasteiger partial charge in [0.1, 0.15) is 19.0 Å². The van der Waals surface area contributed by atoms with Crippen molar-refractivity contribution in [1.82, 2.24) is 5.32 Å². The summed E-state index contributed by atoms with van der Waals surface area (Å²) in [4.78, 5) is 26.0. The van der Waals surface area contributed by atoms with E-state index < -0.39 is 6.03 Å². The second-order valence-corrected chi connectivity index (χ2v) is 6.34. The first-order valence-electron chi connectivity index (χ1n) is 8.61. The van der Waals surface area contributed by atoms with Crippen molar-refractivity contribution in [3.63, 3.8) is 0 Å². The molecule has 2 aromatic rings. The Morgan fingerprint density at radius 2 is 1.81 bits per heavy atom. The first-order valence-corrected chi connectivity index (χ1v) is 8.61. The molecule has 0 spiro atoms. The number of benzene rings is 2. The lowest BCUT2D eigenvalue weighted by molar-refractivity contribution is -0.117. The van der Waals surface area contributed by atoms with Crippen LogP contribution in [0.25, 0.3) is 0 Å². The monoisotopic (exact) mass is 371 g/mol. The van der Waals surface area contributed by atoms with E-state index in [9.17, 15) is 14.0 Å². The number of halogens is 1. The fourth-order valence-corrected chi connectivity index (χ4v) is 3.15. The molecule has 1 atom stereocenters. The summed E-state index contributed by atoms with van der Waals surface area (Å²) >= 11 is 0. The second-order valence-electron chi connectivity index (χ2n) is 6.34. The number of amides is 3. The van der Waals surface area contributed by atoms with Gasteiger partial charge in [-0.25, -0.2) is 9.18 Å². The van der Waals surface area contributed by atoms with Crippen LogP contribution in [0.4, 0.5) is 20.6 Å². The first-order chi connectivity index (χ1) is 13.1. The Hall–Kier alpha value is -3.29. The topological polar surface area (TPSA) is 79.9 Å². The lowest BCUT2D eigenvalue weighted by atomic mass is 10.2. The van der Waals surface area contributed by atoms with Crippen LogP contribution < -0.4 is 25.0 Å². The number of rotatable bonds is 3. The number of nitrogens with zero attached hydrogens (tertiary/aromatic N) is 1. The van der Waals surface area contributed by atoms with Crippen molar-refractivity contribution in [3.8, 4) is 11.5 Å². The fraction of sp³-hybridized carbons (Fsp3) is 0.263. The molecule has 0 unspecified atom stereocenters. The predicted octanol–water partition coefficient (Wildman–Crippen LogP) is 2.52. The SMILES string of the molecule is O=C(Nc1ccc2c(c1)OCCO2)N[C@H]1CC(=O)N(c2ccc(F)cc2)C1. The van der Waals surface area contributed by atoms with Crippen LogP contribution in [0.5, 0.6) is 11.5 Å². The molecule has 3 amide bonds. The van der Waals surface area contributed by atoms with Crippen LogP contribution >= 0.6 is 0 Å². The molecular formula is C19H18FN3O4. The van der Waals surface area contributed by atoms with Crippen LogP contribution in [-0.2, 0) is 4.79 Å². The van der Waals surface area contributed by atoms with Crippen LogP contribution in [0.2, 0.25) is 0 Å². The van der Waals surface area contributed by atoms with E-state index in [4.69, 9.17) is 9.47 Å². The van der Waals surface area contributed by atoms with Gasteiger partial charge in [-0.15, -0.1) is 0 Å². The molecule has 4 rings (SSSR count). The van der Waals surface area contributed by atoms with Gasteiger partial charge in [-0.3, -0.25) is 4.79 Å². The van der Waals surface area contributed by atoms with Crippen molar-refractivity contribution in [2.45, 2.75) is 12.5 Å². The number of ether oxygens (including phenoxy) is 2. The van der Waals surface area contributed by atoms with E-state index >= 15 is 0 Å². The van der Waals surface area contributed by atoms with Crippen molar-refractivity contribution >= 4 is 23.3 Å². The molecule has 1 saturated heterocycles. The van der Waals surface area contributed by atoms with Crippen LogP contribution in [-0.4, -0.2) is 37.7 Å². The van der Waals surface area contributed by atoms with Gasteiger partial charge < -0.3 is 25.0 Å². The number of anilines is 2. The van der Waals surface area contributed by atoms with E-state index in [1.54, 1.807) is 30.3 Å². The standard InChI is InChI=1S/C19H18FN3O4/c20-12-1-4-15(5-2-12)23-11-14(10-18(23)24)22-19(25)21-13-3-6-16-17(9-13)27-8-7-26-16/h1-6,9,14H,7-8,10-11H2,(H2,21,22,25)/t14-/m0/s1. The number of urea groups is 1. The summed E-state index contributed by atoms with van der Waals surface area (Å²) in [6.45, 7) is 1.30. The van der Waals surface area contributed by atoms with E-state index in [-0.39, 0.29) is 24.2 Å². The fourth-order valence-electron chi connectivity index (χ4n) is 3.15. The molecule has 2 aromatic carbocycles. The number of nitrogens with one attached hydrogen (secondary N) is 2. The highest BCUT2D eigenvalue weighted by Gasteiger charge is 2.31. The van der Waals surface area contributed by atoms with Crippen molar-refractivity contribution in [2.24, 2.45) is 0 Å². The summed E-state index contributed by atoms with van der Waals surface area (Å²) in [5, 5.41) is 5.52. The van der Waals surface area contributed by atoms with E-state index in [1.807, 2.05) is 0 Å². The molecule has 8 heteroatoms. The summed E-state index contributed by atoms with van der Waals surface area (Å²) in [6.07, 6.45) is 0.186. The maximum atomic E-state index is 13.0. The molecule has 0 saturated carbocycles. The smallest absolute Gasteiger partial charge is 0.319 e. The van der Waals surface area contributed by atoms with Gasteiger partial charge in [-0.2, -0.15) is 0 Å². The second kappa shape index (κ2) is 7.14. The van der Waals surface area contributed by atoms with Gasteiger partial charge in [0.25, 0.3) is 0 Å². The number of hydrogen-bond donors (Lipinski definition) is 2. The van der Waals surface area contributed by atoms with Crippen LogP contribution in [0.3, 0.4) is 0 Å². The third-order valence-electron chi connectivity index (χ3n) is 4.40. The molecular weight excluding hydrogens is 353 g/mol. The van der Waals surface area contributed by atoms with Crippen LogP contribution in [0.1, 0.15) is 6.42 Å². The molecule has 0 aliphatic carbocycles. The summed E-state index contributed by atoms with van der Waals surface area (Å²) < 4.78 is 24.0. The highest BCUT2D eigenvalue weighted by atomic mass is 19.1. The average molecular weight is 371 g/mol. The van der Waals surface area contributed by atoms with Gasteiger partial charge in [0.2, 0.25) is 5.91 Å². The molecule has 2 aliphatic heterocycles. The Bertz CT molecular complexity index is 872. The van der Waals surface area contributed by atoms with E-state index in [0.29, 0.717) is 42.6 Å². The highest BCUT2D eigenvalue weighted by molar-refractivity contribution is 5.97. The molecule has 2 N–H and O–H groups in total. The van der Waals surface area contributed by atoms with Crippen molar-refractivity contribution in [3.05, 3.63) is 48.3 Å². The quantitative estimate of drug-likeness (QED) is 0.869. The normalized spacial score (nSPS) is 18.3. The minimum Gasteiger partial charge on any atom is -0.486 e. The van der Waals surface area contributed by atoms with Gasteiger partial charge in [-0.1, -0.05) is 0 Å². The Morgan fingerprint density at radius 3 is 2.59 bits per heavy atom. The molecule has 0 bridgehead atoms. The minimum atomic E-state index is -0.412. The molecule has 2 heterocycles. The molecule has 0 radical (unpaired) electrons. The van der Waals surface area contributed by atoms with Gasteiger partial charge in [0, 0.05) is 30.4 Å². The zero-order valence-electron chi connectivity index (χ0n) is 14.4. The van der Waals surface area contributed by atoms with Gasteiger partial charge in [-0.05, 0) is 36.4 Å². The molecule has 0 aromatic heterocycles. The van der Waals surface area contributed by atoms with Crippen LogP contribution in [0, 0.1) is 5.82 Å². The lowest BCUT2D eigenvalue weighted by Crippen LogP contribution is -2.39. The minimum absolute atomic E-state index is 0.119. The van der Waals surface area contributed by atoms with Crippen molar-refractivity contribution in [2.75, 3.05) is 30.0 Å². The third kappa shape index (κ3) is 3.79. The van der Waals surface area contributed by atoms with E-state index in [1.165, 1.54) is 17.0 Å². The van der Waals surface area contributed by atoms with Gasteiger partial charge >= 0.3 is 6.03 Å². The van der Waals surface area contributed by atoms with E-state index in [0.717, 1.165) is 0 Å². The highest BCUT2D eigenvalue weighted by Crippen LogP contribution is 2.32. The molecule has 27 heavy (non-hydrogen) atoms. The largest absolute Gasteiger partial charge is 0.486 e. The zero-order valence-corrected chi connectivity index (χ0v) is 14.4. The maximum Gasteiger partial charge on any atom is 0.319 e. The summed E-state index contributed by atoms with van der Waals surface area (Å²) in [5.74, 6) is 0.742. The van der Waals surface area contributed by atoms with Gasteiger partial charge in [0.05, 0.1) is 6.04 Å². The number of carbonyl (C=O) groups is 2. The first kappa shape index (κ1) is 17.1. The predicted molar refractivity (Wildman–Crippen MR) is 96.7 cm³/mol. The zero-order chi connectivity index (χ0) is 18.8. The maximum absolute atomic E-state index is 13.0. The Morgan fingerprint density at radius 1 is 1.07 bits per heavy atom.